The maximum atomic E-state index is 12.6. The van der Waals surface area contributed by atoms with E-state index >= 15 is 0 Å². The zero-order valence-electron chi connectivity index (χ0n) is 21.6. The number of anilines is 3. The van der Waals surface area contributed by atoms with Crippen LogP contribution in [-0.2, 0) is 4.79 Å². The molecule has 0 aliphatic rings. The number of hydrogen-bond acceptors (Lipinski definition) is 12. The molecule has 39 heavy (non-hydrogen) atoms. The van der Waals surface area contributed by atoms with E-state index in [2.05, 4.69) is 36.2 Å². The average Bonchev–Trinajstić information content (AvgIpc) is 3.66. The molecule has 3 rings (SSSR count). The van der Waals surface area contributed by atoms with Crippen molar-refractivity contribution in [3.8, 4) is 0 Å². The largest absolute Gasteiger partial charge is 0.351 e. The van der Waals surface area contributed by atoms with E-state index in [1.807, 2.05) is 19.0 Å². The third-order valence-corrected chi connectivity index (χ3v) is 7.35. The number of thiazole rings is 3. The third-order valence-electron chi connectivity index (χ3n) is 5.07. The summed E-state index contributed by atoms with van der Waals surface area (Å²) in [6.07, 6.45) is 3.65. The van der Waals surface area contributed by atoms with Crippen molar-refractivity contribution in [2.45, 2.75) is 32.1 Å². The number of carbonyl (C=O) groups excluding carboxylic acids is 4. The summed E-state index contributed by atoms with van der Waals surface area (Å²) in [4.78, 5) is 63.8. The van der Waals surface area contributed by atoms with Gasteiger partial charge in [-0.3, -0.25) is 29.8 Å². The zero-order valence-corrected chi connectivity index (χ0v) is 24.1. The number of amides is 4. The van der Waals surface area contributed by atoms with Gasteiger partial charge in [0.2, 0.25) is 5.91 Å². The molecule has 3 aromatic rings. The second-order valence-electron chi connectivity index (χ2n) is 8.58. The Bertz CT molecular complexity index is 1270. The highest BCUT2D eigenvalue weighted by molar-refractivity contribution is 7.15. The van der Waals surface area contributed by atoms with Gasteiger partial charge in [-0.25, -0.2) is 15.0 Å². The van der Waals surface area contributed by atoms with Crippen LogP contribution in [0.15, 0.2) is 16.1 Å². The number of nitrogens with zero attached hydrogens (tertiary/aromatic N) is 4. The molecule has 13 nitrogen and oxygen atoms in total. The average molecular weight is 594 g/mol. The van der Waals surface area contributed by atoms with Crippen molar-refractivity contribution >= 4 is 73.0 Å². The number of hydrogen-bond donors (Lipinski definition) is 5. The van der Waals surface area contributed by atoms with Crippen molar-refractivity contribution in [1.29, 1.82) is 0 Å². The van der Waals surface area contributed by atoms with Gasteiger partial charge in [0.15, 0.2) is 15.4 Å². The summed E-state index contributed by atoms with van der Waals surface area (Å²) in [5.74, 6) is -1.52. The Hall–Kier alpha value is -3.31. The second-order valence-corrected chi connectivity index (χ2v) is 11.2. The quantitative estimate of drug-likeness (QED) is 0.165. The Morgan fingerprint density at radius 2 is 1.26 bits per heavy atom. The molecule has 0 fully saturated rings. The topological polar surface area (TPSA) is 184 Å². The SMILES string of the molecule is CN(C)CCCNC(=O)c1csc(NC(=O)c2csc(NC(=O)c3csc(NC(=O)CCCCCN)n3)n2)n1. The van der Waals surface area contributed by atoms with E-state index < -0.39 is 11.8 Å². The number of nitrogens with two attached hydrogens (primary N) is 1. The Morgan fingerprint density at radius 3 is 1.77 bits per heavy atom. The van der Waals surface area contributed by atoms with Crippen LogP contribution in [-0.4, -0.2) is 77.2 Å². The summed E-state index contributed by atoms with van der Waals surface area (Å²) in [6, 6.07) is 0. The summed E-state index contributed by atoms with van der Waals surface area (Å²) in [5, 5.41) is 16.1. The molecule has 3 aromatic heterocycles. The molecule has 210 valence electrons. The Labute approximate surface area is 237 Å². The first-order chi connectivity index (χ1) is 18.7. The lowest BCUT2D eigenvalue weighted by Crippen LogP contribution is -2.27. The first-order valence-corrected chi connectivity index (χ1v) is 14.8. The van der Waals surface area contributed by atoms with Crippen LogP contribution in [0.2, 0.25) is 0 Å². The van der Waals surface area contributed by atoms with Crippen molar-refractivity contribution in [3.05, 3.63) is 33.2 Å². The summed E-state index contributed by atoms with van der Waals surface area (Å²) >= 11 is 3.34. The highest BCUT2D eigenvalue weighted by Crippen LogP contribution is 2.21. The maximum absolute atomic E-state index is 12.6. The van der Waals surface area contributed by atoms with Crippen molar-refractivity contribution in [3.63, 3.8) is 0 Å². The minimum atomic E-state index is -0.524. The normalized spacial score (nSPS) is 10.9. The molecule has 0 saturated heterocycles. The number of nitrogens with one attached hydrogen (secondary N) is 4. The van der Waals surface area contributed by atoms with E-state index in [0.29, 0.717) is 24.6 Å². The van der Waals surface area contributed by atoms with Gasteiger partial charge < -0.3 is 21.3 Å². The molecule has 0 spiro atoms. The number of aromatic nitrogens is 3. The Balaban J connectivity index is 1.46. The Morgan fingerprint density at radius 1 is 0.744 bits per heavy atom. The van der Waals surface area contributed by atoms with Crippen LogP contribution in [0.25, 0.3) is 0 Å². The minimum Gasteiger partial charge on any atom is -0.351 e. The van der Waals surface area contributed by atoms with Crippen LogP contribution >= 0.6 is 34.0 Å². The van der Waals surface area contributed by atoms with Crippen molar-refractivity contribution in [1.82, 2.24) is 25.2 Å². The predicted octanol–water partition coefficient (Wildman–Crippen LogP) is 2.70. The van der Waals surface area contributed by atoms with Crippen LogP contribution < -0.4 is 27.0 Å². The maximum Gasteiger partial charge on any atom is 0.276 e. The highest BCUT2D eigenvalue weighted by atomic mass is 32.1. The lowest BCUT2D eigenvalue weighted by Gasteiger charge is -2.09. The monoisotopic (exact) mass is 593 g/mol. The van der Waals surface area contributed by atoms with Gasteiger partial charge in [0.1, 0.15) is 17.1 Å². The van der Waals surface area contributed by atoms with E-state index in [1.54, 1.807) is 5.38 Å². The van der Waals surface area contributed by atoms with Gasteiger partial charge in [-0.2, -0.15) is 0 Å². The number of carbonyl (C=O) groups is 4. The van der Waals surface area contributed by atoms with Gasteiger partial charge in [0, 0.05) is 29.1 Å². The fraction of sp³-hybridized carbons (Fsp3) is 0.435. The fourth-order valence-electron chi connectivity index (χ4n) is 3.10. The third kappa shape index (κ3) is 10.1. The molecule has 0 atom stereocenters. The van der Waals surface area contributed by atoms with E-state index in [9.17, 15) is 19.2 Å². The zero-order chi connectivity index (χ0) is 28.2. The summed E-state index contributed by atoms with van der Waals surface area (Å²) in [6.45, 7) is 1.98. The smallest absolute Gasteiger partial charge is 0.276 e. The lowest BCUT2D eigenvalue weighted by molar-refractivity contribution is -0.116. The van der Waals surface area contributed by atoms with Crippen molar-refractivity contribution in [2.75, 3.05) is 49.7 Å². The second kappa shape index (κ2) is 15.3. The van der Waals surface area contributed by atoms with Gasteiger partial charge in [-0.1, -0.05) is 6.42 Å². The molecule has 0 radical (unpaired) electrons. The molecule has 0 saturated carbocycles. The summed E-state index contributed by atoms with van der Waals surface area (Å²) in [7, 11) is 3.92. The van der Waals surface area contributed by atoms with Gasteiger partial charge in [-0.15, -0.1) is 34.0 Å². The number of unbranched alkanes of at least 4 members (excludes halogenated alkanes) is 2. The van der Waals surface area contributed by atoms with Gasteiger partial charge in [0.25, 0.3) is 17.7 Å². The summed E-state index contributed by atoms with van der Waals surface area (Å²) in [5.41, 5.74) is 5.87. The molecule has 0 aromatic carbocycles. The molecular formula is C23H31N9O4S3. The van der Waals surface area contributed by atoms with Crippen LogP contribution in [0.5, 0.6) is 0 Å². The van der Waals surface area contributed by atoms with Crippen LogP contribution in [0, 0.1) is 0 Å². The van der Waals surface area contributed by atoms with Crippen LogP contribution in [0.1, 0.15) is 63.6 Å². The van der Waals surface area contributed by atoms with Crippen LogP contribution in [0.4, 0.5) is 15.4 Å². The molecule has 4 amide bonds. The molecule has 0 aliphatic carbocycles. The van der Waals surface area contributed by atoms with E-state index in [1.165, 1.54) is 10.8 Å². The van der Waals surface area contributed by atoms with E-state index in [0.717, 1.165) is 66.2 Å². The standard InChI is InChI=1S/C23H31N9O4S3/c1-32(2)10-6-9-25-18(34)14-11-38-22(26-14)30-20(36)16-13-39-23(28-16)31-19(35)15-12-37-21(27-15)29-17(33)7-4-3-5-8-24/h11-13H,3-10,24H2,1-2H3,(H,25,34)(H,26,30,36)(H,27,29,33)(H,28,31,35). The minimum absolute atomic E-state index is 0.0843. The Kier molecular flexibility index (Phi) is 11.9. The van der Waals surface area contributed by atoms with E-state index in [4.69, 9.17) is 5.73 Å². The molecule has 0 bridgehead atoms. The molecule has 3 heterocycles. The van der Waals surface area contributed by atoms with Gasteiger partial charge in [0.05, 0.1) is 0 Å². The van der Waals surface area contributed by atoms with Crippen molar-refractivity contribution < 1.29 is 19.2 Å². The first-order valence-electron chi connectivity index (χ1n) is 12.2. The highest BCUT2D eigenvalue weighted by Gasteiger charge is 2.18. The first kappa shape index (κ1) is 30.2. The molecule has 0 unspecified atom stereocenters. The molecule has 16 heteroatoms. The van der Waals surface area contributed by atoms with E-state index in [-0.39, 0.29) is 39.2 Å². The summed E-state index contributed by atoms with van der Waals surface area (Å²) < 4.78 is 0. The number of rotatable bonds is 15. The molecular weight excluding hydrogens is 563 g/mol. The van der Waals surface area contributed by atoms with Crippen LogP contribution in [0.3, 0.4) is 0 Å². The van der Waals surface area contributed by atoms with Crippen molar-refractivity contribution in [2.24, 2.45) is 5.73 Å². The molecule has 0 aliphatic heterocycles. The molecule has 6 N–H and O–H groups in total. The van der Waals surface area contributed by atoms with Gasteiger partial charge >= 0.3 is 0 Å². The lowest BCUT2D eigenvalue weighted by atomic mass is 10.2. The van der Waals surface area contributed by atoms with Gasteiger partial charge in [-0.05, 0) is 46.4 Å². The predicted molar refractivity (Wildman–Crippen MR) is 154 cm³/mol. The fourth-order valence-corrected chi connectivity index (χ4v) is 5.18.